The molecule has 2 rings (SSSR count). The maximum atomic E-state index is 11.1. The molecule has 3 N–H and O–H groups in total. The molecule has 0 bridgehead atoms. The summed E-state index contributed by atoms with van der Waals surface area (Å²) in [6.45, 7) is -0.621. The van der Waals surface area contributed by atoms with E-state index >= 15 is 0 Å². The number of nitrogens with one attached hydrogen (secondary N) is 1. The third-order valence-electron chi connectivity index (χ3n) is 2.51. The van der Waals surface area contributed by atoms with Gasteiger partial charge in [-0.25, -0.2) is 9.59 Å². The lowest BCUT2D eigenvalue weighted by molar-refractivity contribution is -0.139. The van der Waals surface area contributed by atoms with Gasteiger partial charge in [-0.15, -0.1) is 0 Å². The SMILES string of the molecule is COc1ccc2[nH]c(C(=O)O)c(OCC(=O)O)c2c1. The summed E-state index contributed by atoms with van der Waals surface area (Å²) in [6, 6.07) is 4.87. The van der Waals surface area contributed by atoms with Crippen molar-refractivity contribution in [3.8, 4) is 11.5 Å². The van der Waals surface area contributed by atoms with E-state index in [0.717, 1.165) is 0 Å². The van der Waals surface area contributed by atoms with E-state index in [0.29, 0.717) is 16.7 Å². The second kappa shape index (κ2) is 4.89. The van der Waals surface area contributed by atoms with Crippen molar-refractivity contribution < 1.29 is 29.3 Å². The van der Waals surface area contributed by atoms with Crippen molar-refractivity contribution in [1.29, 1.82) is 0 Å². The Hall–Kier alpha value is -2.70. The van der Waals surface area contributed by atoms with Gasteiger partial charge in [0.1, 0.15) is 5.75 Å². The Balaban J connectivity index is 2.56. The van der Waals surface area contributed by atoms with E-state index in [1.807, 2.05) is 0 Å². The highest BCUT2D eigenvalue weighted by Gasteiger charge is 2.19. The lowest BCUT2D eigenvalue weighted by Gasteiger charge is -2.04. The molecule has 0 unspecified atom stereocenters. The molecule has 1 aromatic carbocycles. The highest BCUT2D eigenvalue weighted by Crippen LogP contribution is 2.32. The maximum Gasteiger partial charge on any atom is 0.356 e. The van der Waals surface area contributed by atoms with Gasteiger partial charge in [-0.3, -0.25) is 0 Å². The highest BCUT2D eigenvalue weighted by molar-refractivity contribution is 6.00. The minimum atomic E-state index is -1.23. The van der Waals surface area contributed by atoms with E-state index in [2.05, 4.69) is 4.98 Å². The number of aromatic nitrogens is 1. The molecule has 0 aliphatic heterocycles. The van der Waals surface area contributed by atoms with Crippen LogP contribution in [0.4, 0.5) is 0 Å². The van der Waals surface area contributed by atoms with Crippen molar-refractivity contribution in [2.45, 2.75) is 0 Å². The monoisotopic (exact) mass is 265 g/mol. The van der Waals surface area contributed by atoms with Crippen molar-refractivity contribution >= 4 is 22.8 Å². The third-order valence-corrected chi connectivity index (χ3v) is 2.51. The summed E-state index contributed by atoms with van der Waals surface area (Å²) in [5, 5.41) is 18.1. The molecule has 1 heterocycles. The van der Waals surface area contributed by atoms with E-state index in [1.165, 1.54) is 7.11 Å². The molecule has 0 amide bonds. The molecule has 19 heavy (non-hydrogen) atoms. The number of carboxylic acid groups (broad SMARTS) is 2. The topological polar surface area (TPSA) is 109 Å². The number of hydrogen-bond acceptors (Lipinski definition) is 4. The molecule has 7 heteroatoms. The Labute approximate surface area is 107 Å². The van der Waals surface area contributed by atoms with Crippen LogP contribution in [-0.2, 0) is 4.79 Å². The Morgan fingerprint density at radius 2 is 2.05 bits per heavy atom. The van der Waals surface area contributed by atoms with E-state index in [-0.39, 0.29) is 11.4 Å². The first-order valence-electron chi connectivity index (χ1n) is 5.30. The first-order chi connectivity index (χ1) is 9.02. The van der Waals surface area contributed by atoms with Crippen LogP contribution in [0.3, 0.4) is 0 Å². The van der Waals surface area contributed by atoms with Crippen molar-refractivity contribution in [2.75, 3.05) is 13.7 Å². The molecule has 0 fully saturated rings. The van der Waals surface area contributed by atoms with Crippen LogP contribution in [0.15, 0.2) is 18.2 Å². The van der Waals surface area contributed by atoms with Crippen LogP contribution in [0.1, 0.15) is 10.5 Å². The second-order valence-electron chi connectivity index (χ2n) is 3.73. The quantitative estimate of drug-likeness (QED) is 0.752. The van der Waals surface area contributed by atoms with Gasteiger partial charge in [0.2, 0.25) is 0 Å². The van der Waals surface area contributed by atoms with Gasteiger partial charge in [-0.05, 0) is 18.2 Å². The normalized spacial score (nSPS) is 10.4. The minimum absolute atomic E-state index is 0.0104. The summed E-state index contributed by atoms with van der Waals surface area (Å²) in [5.41, 5.74) is 0.336. The zero-order valence-corrected chi connectivity index (χ0v) is 9.97. The summed E-state index contributed by atoms with van der Waals surface area (Å²) in [5.74, 6) is -1.91. The molecule has 100 valence electrons. The van der Waals surface area contributed by atoms with Gasteiger partial charge < -0.3 is 24.7 Å². The van der Waals surface area contributed by atoms with Gasteiger partial charge in [-0.2, -0.15) is 0 Å². The fraction of sp³-hybridized carbons (Fsp3) is 0.167. The number of aromatic amines is 1. The summed E-state index contributed by atoms with van der Waals surface area (Å²) >= 11 is 0. The van der Waals surface area contributed by atoms with Crippen molar-refractivity contribution in [3.63, 3.8) is 0 Å². The van der Waals surface area contributed by atoms with Crippen LogP contribution in [0.25, 0.3) is 10.9 Å². The summed E-state index contributed by atoms with van der Waals surface area (Å²) in [4.78, 5) is 24.3. The molecule has 0 saturated carbocycles. The third kappa shape index (κ3) is 2.44. The van der Waals surface area contributed by atoms with Crippen LogP contribution in [0.5, 0.6) is 11.5 Å². The average molecular weight is 265 g/mol. The van der Waals surface area contributed by atoms with Gasteiger partial charge >= 0.3 is 11.9 Å². The number of rotatable bonds is 5. The van der Waals surface area contributed by atoms with Crippen LogP contribution in [0, 0.1) is 0 Å². The maximum absolute atomic E-state index is 11.1. The molecule has 0 atom stereocenters. The molecule has 0 spiro atoms. The van der Waals surface area contributed by atoms with E-state index in [9.17, 15) is 9.59 Å². The molecule has 0 aliphatic rings. The molecule has 7 nitrogen and oxygen atoms in total. The smallest absolute Gasteiger partial charge is 0.356 e. The average Bonchev–Trinajstić information content (AvgIpc) is 2.74. The fourth-order valence-corrected chi connectivity index (χ4v) is 1.71. The minimum Gasteiger partial charge on any atom is -0.497 e. The molecular weight excluding hydrogens is 254 g/mol. The van der Waals surface area contributed by atoms with Crippen LogP contribution >= 0.6 is 0 Å². The van der Waals surface area contributed by atoms with Gasteiger partial charge in [0.05, 0.1) is 12.6 Å². The molecular formula is C12H11NO6. The largest absolute Gasteiger partial charge is 0.497 e. The van der Waals surface area contributed by atoms with Crippen LogP contribution < -0.4 is 9.47 Å². The predicted octanol–water partition coefficient (Wildman–Crippen LogP) is 1.34. The number of ether oxygens (including phenoxy) is 2. The fourth-order valence-electron chi connectivity index (χ4n) is 1.71. The number of fused-ring (bicyclic) bond motifs is 1. The van der Waals surface area contributed by atoms with E-state index < -0.39 is 18.5 Å². The van der Waals surface area contributed by atoms with Gasteiger partial charge in [0.25, 0.3) is 0 Å². The number of benzene rings is 1. The number of carbonyl (C=O) groups is 2. The summed E-state index contributed by atoms with van der Waals surface area (Å²) in [6.07, 6.45) is 0. The molecule has 0 aliphatic carbocycles. The van der Waals surface area contributed by atoms with E-state index in [1.54, 1.807) is 18.2 Å². The predicted molar refractivity (Wildman–Crippen MR) is 64.9 cm³/mol. The first kappa shape index (κ1) is 12.7. The molecule has 0 saturated heterocycles. The van der Waals surface area contributed by atoms with Gasteiger partial charge in [-0.1, -0.05) is 0 Å². The summed E-state index contributed by atoms with van der Waals surface area (Å²) < 4.78 is 10.1. The van der Waals surface area contributed by atoms with Gasteiger partial charge in [0, 0.05) is 5.39 Å². The molecule has 0 radical (unpaired) electrons. The van der Waals surface area contributed by atoms with E-state index in [4.69, 9.17) is 19.7 Å². The number of aromatic carboxylic acids is 1. The van der Waals surface area contributed by atoms with Crippen molar-refractivity contribution in [2.24, 2.45) is 0 Å². The first-order valence-corrected chi connectivity index (χ1v) is 5.30. The van der Waals surface area contributed by atoms with Crippen LogP contribution in [-0.4, -0.2) is 40.9 Å². The van der Waals surface area contributed by atoms with Gasteiger partial charge in [0.15, 0.2) is 18.1 Å². The lowest BCUT2D eigenvalue weighted by Crippen LogP contribution is -2.11. The summed E-state index contributed by atoms with van der Waals surface area (Å²) in [7, 11) is 1.48. The Bertz CT molecular complexity index is 645. The number of H-pyrrole nitrogens is 1. The standard InChI is InChI=1S/C12H11NO6/c1-18-6-2-3-8-7(4-6)11(19-5-9(14)15)10(13-8)12(16)17/h2-4,13H,5H2,1H3,(H,14,15)(H,16,17). The van der Waals surface area contributed by atoms with Crippen molar-refractivity contribution in [1.82, 2.24) is 4.98 Å². The molecule has 2 aromatic rings. The zero-order valence-electron chi connectivity index (χ0n) is 9.97. The highest BCUT2D eigenvalue weighted by atomic mass is 16.5. The Morgan fingerprint density at radius 3 is 2.63 bits per heavy atom. The number of aliphatic carboxylic acids is 1. The molecule has 1 aromatic heterocycles. The Kier molecular flexibility index (Phi) is 3.28. The Morgan fingerprint density at radius 1 is 1.32 bits per heavy atom. The zero-order chi connectivity index (χ0) is 14.0. The number of carboxylic acids is 2. The van der Waals surface area contributed by atoms with Crippen LogP contribution in [0.2, 0.25) is 0 Å². The number of methoxy groups -OCH3 is 1. The second-order valence-corrected chi connectivity index (χ2v) is 3.73. The van der Waals surface area contributed by atoms with Crippen molar-refractivity contribution in [3.05, 3.63) is 23.9 Å². The lowest BCUT2D eigenvalue weighted by atomic mass is 10.2. The number of hydrogen-bond donors (Lipinski definition) is 3.